The SMILES string of the molecule is O=C(C1=C2NCCN2C2=C(C(=O)c3ccccc3C2=O)[C@@H]1c1ccc(Cl)cc1)c1ccccc1. The Hall–Kier alpha value is -3.96. The number of rotatable bonds is 3. The fraction of sp³-hybridized carbons (Fsp3) is 0.107. The minimum atomic E-state index is -0.707. The summed E-state index contributed by atoms with van der Waals surface area (Å²) >= 11 is 6.16. The highest BCUT2D eigenvalue weighted by molar-refractivity contribution is 6.31. The van der Waals surface area contributed by atoms with Crippen LogP contribution in [0.4, 0.5) is 0 Å². The summed E-state index contributed by atoms with van der Waals surface area (Å²) in [5.74, 6) is -0.721. The fourth-order valence-corrected chi connectivity index (χ4v) is 5.25. The van der Waals surface area contributed by atoms with Gasteiger partial charge in [0, 0.05) is 46.3 Å². The number of hydrogen-bond donors (Lipinski definition) is 1. The number of fused-ring (bicyclic) bond motifs is 3. The Kier molecular flexibility index (Phi) is 4.74. The van der Waals surface area contributed by atoms with Gasteiger partial charge in [-0.25, -0.2) is 0 Å². The molecule has 1 saturated heterocycles. The van der Waals surface area contributed by atoms with Crippen LogP contribution >= 0.6 is 11.6 Å². The van der Waals surface area contributed by atoms with Gasteiger partial charge in [0.15, 0.2) is 11.6 Å². The van der Waals surface area contributed by atoms with Crippen molar-refractivity contribution in [3.63, 3.8) is 0 Å². The lowest BCUT2D eigenvalue weighted by Gasteiger charge is -2.38. The minimum absolute atomic E-state index is 0.180. The molecule has 3 aromatic carbocycles. The molecule has 0 spiro atoms. The number of allylic oxidation sites excluding steroid dienone is 3. The predicted octanol–water partition coefficient (Wildman–Crippen LogP) is 4.77. The molecule has 6 heteroatoms. The van der Waals surface area contributed by atoms with Crippen LogP contribution in [0.2, 0.25) is 5.02 Å². The Morgan fingerprint density at radius 1 is 0.853 bits per heavy atom. The zero-order valence-corrected chi connectivity index (χ0v) is 18.8. The van der Waals surface area contributed by atoms with Crippen molar-refractivity contribution in [3.05, 3.63) is 129 Å². The van der Waals surface area contributed by atoms with E-state index in [1.165, 1.54) is 0 Å². The van der Waals surface area contributed by atoms with Gasteiger partial charge in [-0.3, -0.25) is 14.4 Å². The van der Waals surface area contributed by atoms with E-state index in [1.54, 1.807) is 48.5 Å². The zero-order chi connectivity index (χ0) is 23.4. The van der Waals surface area contributed by atoms with Gasteiger partial charge in [0.25, 0.3) is 0 Å². The standard InChI is InChI=1S/C28H19ClN2O3/c29-18-12-10-16(11-13-18)21-22-24(27(34)20-9-5-4-8-19(20)26(22)33)31-15-14-30-28(31)23(21)25(32)17-6-2-1-3-7-17/h1-13,21,30H,14-15H2/t21-/m0/s1. The highest BCUT2D eigenvalue weighted by Crippen LogP contribution is 2.47. The quantitative estimate of drug-likeness (QED) is 0.563. The molecule has 3 aromatic rings. The third kappa shape index (κ3) is 2.97. The number of benzene rings is 3. The van der Waals surface area contributed by atoms with Gasteiger partial charge in [0.05, 0.1) is 11.3 Å². The lowest BCUT2D eigenvalue weighted by Crippen LogP contribution is -2.40. The predicted molar refractivity (Wildman–Crippen MR) is 129 cm³/mol. The number of carbonyl (C=O) groups excluding carboxylic acids is 3. The molecule has 2 aliphatic heterocycles. The Balaban J connectivity index is 1.64. The average molecular weight is 467 g/mol. The number of nitrogens with zero attached hydrogens (tertiary/aromatic N) is 1. The zero-order valence-electron chi connectivity index (χ0n) is 18.0. The van der Waals surface area contributed by atoms with E-state index in [9.17, 15) is 14.4 Å². The van der Waals surface area contributed by atoms with Gasteiger partial charge < -0.3 is 10.2 Å². The van der Waals surface area contributed by atoms with Crippen LogP contribution in [0, 0.1) is 0 Å². The number of hydrogen-bond acceptors (Lipinski definition) is 5. The van der Waals surface area contributed by atoms with E-state index in [1.807, 2.05) is 35.2 Å². The number of halogens is 1. The number of ketones is 3. The van der Waals surface area contributed by atoms with Crippen molar-refractivity contribution in [2.75, 3.05) is 13.1 Å². The first-order chi connectivity index (χ1) is 16.6. The van der Waals surface area contributed by atoms with Crippen LogP contribution < -0.4 is 5.32 Å². The molecule has 0 unspecified atom stereocenters. The summed E-state index contributed by atoms with van der Waals surface area (Å²) in [6, 6.07) is 23.0. The number of Topliss-reactive ketones (excluding diaryl/α,β-unsaturated/α-hetero) is 3. The molecule has 1 atom stereocenters. The van der Waals surface area contributed by atoms with Crippen molar-refractivity contribution in [3.8, 4) is 0 Å². The van der Waals surface area contributed by atoms with Crippen LogP contribution in [0.5, 0.6) is 0 Å². The van der Waals surface area contributed by atoms with Gasteiger partial charge in [-0.1, -0.05) is 78.3 Å². The maximum atomic E-state index is 13.9. The monoisotopic (exact) mass is 466 g/mol. The van der Waals surface area contributed by atoms with Crippen molar-refractivity contribution in [1.82, 2.24) is 10.2 Å². The molecule has 166 valence electrons. The maximum absolute atomic E-state index is 13.9. The van der Waals surface area contributed by atoms with E-state index in [0.717, 1.165) is 5.56 Å². The number of carbonyl (C=O) groups is 3. The smallest absolute Gasteiger partial charge is 0.210 e. The second-order valence-electron chi connectivity index (χ2n) is 8.49. The first-order valence-corrected chi connectivity index (χ1v) is 11.5. The second-order valence-corrected chi connectivity index (χ2v) is 8.92. The van der Waals surface area contributed by atoms with Crippen LogP contribution in [0.15, 0.2) is 102 Å². The molecule has 3 aliphatic rings. The lowest BCUT2D eigenvalue weighted by atomic mass is 9.72. The maximum Gasteiger partial charge on any atom is 0.210 e. The molecule has 0 saturated carbocycles. The van der Waals surface area contributed by atoms with Crippen LogP contribution in [0.3, 0.4) is 0 Å². The summed E-state index contributed by atoms with van der Waals surface area (Å²) < 4.78 is 0. The molecule has 0 aromatic heterocycles. The highest BCUT2D eigenvalue weighted by Gasteiger charge is 2.48. The van der Waals surface area contributed by atoms with Crippen molar-refractivity contribution >= 4 is 29.0 Å². The molecule has 0 amide bonds. The van der Waals surface area contributed by atoms with Gasteiger partial charge in [-0.05, 0) is 17.7 Å². The molecule has 1 N–H and O–H groups in total. The molecule has 0 radical (unpaired) electrons. The van der Waals surface area contributed by atoms with Crippen LogP contribution in [0.25, 0.3) is 0 Å². The van der Waals surface area contributed by atoms with Gasteiger partial charge >= 0.3 is 0 Å². The summed E-state index contributed by atoms with van der Waals surface area (Å²) in [5.41, 5.74) is 3.18. The molecule has 0 bridgehead atoms. The Bertz CT molecular complexity index is 1440. The van der Waals surface area contributed by atoms with Gasteiger partial charge in [-0.2, -0.15) is 0 Å². The largest absolute Gasteiger partial charge is 0.369 e. The summed E-state index contributed by atoms with van der Waals surface area (Å²) in [5, 5.41) is 3.87. The van der Waals surface area contributed by atoms with Crippen molar-refractivity contribution in [2.45, 2.75) is 5.92 Å². The van der Waals surface area contributed by atoms with Gasteiger partial charge in [0.1, 0.15) is 5.82 Å². The van der Waals surface area contributed by atoms with Crippen molar-refractivity contribution < 1.29 is 14.4 Å². The van der Waals surface area contributed by atoms with Crippen LogP contribution in [-0.4, -0.2) is 35.3 Å². The molecule has 34 heavy (non-hydrogen) atoms. The topological polar surface area (TPSA) is 66.5 Å². The van der Waals surface area contributed by atoms with Crippen molar-refractivity contribution in [1.29, 1.82) is 0 Å². The third-order valence-corrected chi connectivity index (χ3v) is 6.87. The normalized spacial score (nSPS) is 19.0. The fourth-order valence-electron chi connectivity index (χ4n) is 5.13. The lowest BCUT2D eigenvalue weighted by molar-refractivity contribution is 0.0936. The van der Waals surface area contributed by atoms with E-state index < -0.39 is 5.92 Å². The summed E-state index contributed by atoms with van der Waals surface area (Å²) in [4.78, 5) is 43.4. The molecule has 6 rings (SSSR count). The molecule has 2 heterocycles. The Labute approximate surface area is 201 Å². The second kappa shape index (κ2) is 7.82. The van der Waals surface area contributed by atoms with Gasteiger partial charge in [0.2, 0.25) is 5.78 Å². The molecule has 5 nitrogen and oxygen atoms in total. The summed E-state index contributed by atoms with van der Waals surface area (Å²) in [7, 11) is 0. The first kappa shape index (κ1) is 20.6. The molecular formula is C28H19ClN2O3. The Morgan fingerprint density at radius 2 is 1.50 bits per heavy atom. The van der Waals surface area contributed by atoms with E-state index in [2.05, 4.69) is 5.32 Å². The summed E-state index contributed by atoms with van der Waals surface area (Å²) in [6.45, 7) is 1.06. The van der Waals surface area contributed by atoms with Gasteiger partial charge in [-0.15, -0.1) is 0 Å². The first-order valence-electron chi connectivity index (χ1n) is 11.1. The van der Waals surface area contributed by atoms with Crippen LogP contribution in [0.1, 0.15) is 42.6 Å². The Morgan fingerprint density at radius 3 is 2.21 bits per heavy atom. The highest BCUT2D eigenvalue weighted by atomic mass is 35.5. The minimum Gasteiger partial charge on any atom is -0.369 e. The average Bonchev–Trinajstić information content (AvgIpc) is 3.36. The van der Waals surface area contributed by atoms with E-state index in [0.29, 0.717) is 57.5 Å². The van der Waals surface area contributed by atoms with E-state index in [4.69, 9.17) is 11.6 Å². The summed E-state index contributed by atoms with van der Waals surface area (Å²) in [6.07, 6.45) is 0. The third-order valence-electron chi connectivity index (χ3n) is 6.62. The molecular weight excluding hydrogens is 448 g/mol. The molecule has 1 fully saturated rings. The number of nitrogens with one attached hydrogen (secondary N) is 1. The van der Waals surface area contributed by atoms with Crippen molar-refractivity contribution in [2.24, 2.45) is 0 Å². The van der Waals surface area contributed by atoms with E-state index in [-0.39, 0.29) is 17.3 Å². The van der Waals surface area contributed by atoms with Crippen LogP contribution in [-0.2, 0) is 0 Å². The van der Waals surface area contributed by atoms with E-state index >= 15 is 0 Å². The molecule has 1 aliphatic carbocycles.